The number of rotatable bonds is 7. The predicted molar refractivity (Wildman–Crippen MR) is 142 cm³/mol. The summed E-state index contributed by atoms with van der Waals surface area (Å²) in [5.41, 5.74) is 1.22. The lowest BCUT2D eigenvalue weighted by Gasteiger charge is -2.16. The monoisotopic (exact) mass is 621 g/mol. The molecule has 4 rings (SSSR count). The SMILES string of the molecule is CCOc1cc(C=Nn2c(C)nc3ccc(Br)cc3c2=O)c(Br)c(Cl)c1OCc1ccccc1F. The van der Waals surface area contributed by atoms with E-state index < -0.39 is 0 Å². The molecule has 0 unspecified atom stereocenters. The molecular weight excluding hydrogens is 605 g/mol. The first-order chi connectivity index (χ1) is 16.8. The maximum Gasteiger partial charge on any atom is 0.282 e. The van der Waals surface area contributed by atoms with Crippen LogP contribution in [0.3, 0.4) is 0 Å². The van der Waals surface area contributed by atoms with Crippen molar-refractivity contribution in [2.24, 2.45) is 5.10 Å². The summed E-state index contributed by atoms with van der Waals surface area (Å²) in [7, 11) is 0. The summed E-state index contributed by atoms with van der Waals surface area (Å²) >= 11 is 13.4. The number of aromatic nitrogens is 2. The van der Waals surface area contributed by atoms with E-state index in [1.54, 1.807) is 43.3 Å². The molecule has 0 N–H and O–H groups in total. The Hall–Kier alpha value is -2.75. The lowest BCUT2D eigenvalue weighted by Crippen LogP contribution is -2.20. The molecule has 6 nitrogen and oxygen atoms in total. The number of hydrogen-bond acceptors (Lipinski definition) is 5. The third kappa shape index (κ3) is 5.42. The van der Waals surface area contributed by atoms with Gasteiger partial charge in [0.25, 0.3) is 5.56 Å². The number of aryl methyl sites for hydroxylation is 1. The van der Waals surface area contributed by atoms with Crippen LogP contribution < -0.4 is 15.0 Å². The first kappa shape index (κ1) is 25.3. The molecule has 4 aromatic rings. The maximum absolute atomic E-state index is 14.0. The summed E-state index contributed by atoms with van der Waals surface area (Å²) in [4.78, 5) is 17.5. The molecular formula is C25H19Br2ClFN3O3. The highest BCUT2D eigenvalue weighted by Gasteiger charge is 2.18. The number of ether oxygens (including phenoxy) is 2. The average molecular weight is 624 g/mol. The Morgan fingerprint density at radius 2 is 1.94 bits per heavy atom. The van der Waals surface area contributed by atoms with Crippen LogP contribution in [-0.2, 0) is 6.61 Å². The lowest BCUT2D eigenvalue weighted by atomic mass is 10.2. The summed E-state index contributed by atoms with van der Waals surface area (Å²) in [5.74, 6) is 0.689. The van der Waals surface area contributed by atoms with Gasteiger partial charge in [0.15, 0.2) is 11.5 Å². The van der Waals surface area contributed by atoms with E-state index in [0.29, 0.717) is 44.7 Å². The number of fused-ring (bicyclic) bond motifs is 1. The van der Waals surface area contributed by atoms with Crippen molar-refractivity contribution in [1.29, 1.82) is 0 Å². The van der Waals surface area contributed by atoms with E-state index in [1.165, 1.54) is 17.0 Å². The molecule has 0 aliphatic heterocycles. The summed E-state index contributed by atoms with van der Waals surface area (Å²) in [6, 6.07) is 13.3. The van der Waals surface area contributed by atoms with E-state index in [9.17, 15) is 9.18 Å². The molecule has 35 heavy (non-hydrogen) atoms. The fourth-order valence-electron chi connectivity index (χ4n) is 3.38. The van der Waals surface area contributed by atoms with Crippen molar-refractivity contribution in [2.75, 3.05) is 6.61 Å². The molecule has 0 saturated carbocycles. The standard InChI is InChI=1S/C25H19Br2ClFN3O3/c1-3-34-21-10-16(22(27)23(28)24(21)35-13-15-6-4-5-7-19(15)29)12-30-32-14(2)31-20-9-8-17(26)11-18(20)25(32)33/h4-12H,3,13H2,1-2H3. The molecule has 0 bridgehead atoms. The van der Waals surface area contributed by atoms with Crippen molar-refractivity contribution in [1.82, 2.24) is 9.66 Å². The molecule has 10 heteroatoms. The Labute approximate surface area is 222 Å². The quantitative estimate of drug-likeness (QED) is 0.211. The van der Waals surface area contributed by atoms with Crippen LogP contribution in [0.1, 0.15) is 23.9 Å². The van der Waals surface area contributed by atoms with Crippen LogP contribution in [0.2, 0.25) is 5.02 Å². The number of nitrogens with zero attached hydrogens (tertiary/aromatic N) is 3. The topological polar surface area (TPSA) is 65.7 Å². The van der Waals surface area contributed by atoms with E-state index in [2.05, 4.69) is 41.9 Å². The van der Waals surface area contributed by atoms with Crippen molar-refractivity contribution in [3.05, 3.63) is 95.6 Å². The minimum absolute atomic E-state index is 0.0285. The van der Waals surface area contributed by atoms with E-state index in [0.717, 1.165) is 4.47 Å². The van der Waals surface area contributed by atoms with Crippen molar-refractivity contribution in [2.45, 2.75) is 20.5 Å². The van der Waals surface area contributed by atoms with Crippen molar-refractivity contribution in [3.8, 4) is 11.5 Å². The van der Waals surface area contributed by atoms with Gasteiger partial charge in [-0.25, -0.2) is 9.37 Å². The molecule has 0 saturated heterocycles. The molecule has 1 heterocycles. The van der Waals surface area contributed by atoms with Gasteiger partial charge in [0, 0.05) is 20.1 Å². The normalized spacial score (nSPS) is 11.4. The zero-order valence-electron chi connectivity index (χ0n) is 18.7. The molecule has 0 aliphatic rings. The minimum Gasteiger partial charge on any atom is -0.490 e. The molecule has 180 valence electrons. The van der Waals surface area contributed by atoms with Crippen LogP contribution in [0, 0.1) is 12.7 Å². The second kappa shape index (κ2) is 10.9. The van der Waals surface area contributed by atoms with Crippen LogP contribution in [0.25, 0.3) is 10.9 Å². The summed E-state index contributed by atoms with van der Waals surface area (Å²) in [5, 5.41) is 5.03. The van der Waals surface area contributed by atoms with Gasteiger partial charge >= 0.3 is 0 Å². The highest BCUT2D eigenvalue weighted by molar-refractivity contribution is 9.10. The first-order valence-electron chi connectivity index (χ1n) is 10.5. The molecule has 3 aromatic carbocycles. The molecule has 0 atom stereocenters. The first-order valence-corrected chi connectivity index (χ1v) is 12.5. The second-order valence-corrected chi connectivity index (χ2v) is 9.50. The van der Waals surface area contributed by atoms with E-state index in [-0.39, 0.29) is 28.8 Å². The highest BCUT2D eigenvalue weighted by Crippen LogP contribution is 2.42. The van der Waals surface area contributed by atoms with E-state index in [4.69, 9.17) is 21.1 Å². The lowest BCUT2D eigenvalue weighted by molar-refractivity contribution is 0.266. The van der Waals surface area contributed by atoms with Crippen LogP contribution in [-0.4, -0.2) is 22.5 Å². The van der Waals surface area contributed by atoms with Gasteiger partial charge in [-0.1, -0.05) is 45.7 Å². The molecule has 0 spiro atoms. The maximum atomic E-state index is 14.0. The minimum atomic E-state index is -0.374. The summed E-state index contributed by atoms with van der Waals surface area (Å²) in [6.45, 7) is 3.85. The van der Waals surface area contributed by atoms with E-state index >= 15 is 0 Å². The summed E-state index contributed by atoms with van der Waals surface area (Å²) in [6.07, 6.45) is 1.49. The van der Waals surface area contributed by atoms with Gasteiger partial charge in [-0.15, -0.1) is 0 Å². The van der Waals surface area contributed by atoms with Crippen LogP contribution in [0.5, 0.6) is 11.5 Å². The smallest absolute Gasteiger partial charge is 0.282 e. The third-order valence-corrected chi connectivity index (χ3v) is 7.00. The Kier molecular flexibility index (Phi) is 7.88. The van der Waals surface area contributed by atoms with Crippen LogP contribution >= 0.6 is 43.5 Å². The number of halogens is 4. The van der Waals surface area contributed by atoms with Gasteiger partial charge in [0.2, 0.25) is 0 Å². The third-order valence-electron chi connectivity index (χ3n) is 5.07. The van der Waals surface area contributed by atoms with Gasteiger partial charge in [-0.2, -0.15) is 9.78 Å². The molecule has 0 amide bonds. The fraction of sp³-hybridized carbons (Fsp3) is 0.160. The molecule has 0 radical (unpaired) electrons. The Morgan fingerprint density at radius 1 is 1.17 bits per heavy atom. The molecule has 1 aromatic heterocycles. The number of benzene rings is 3. The molecule has 0 aliphatic carbocycles. The Balaban J connectivity index is 1.72. The van der Waals surface area contributed by atoms with Crippen molar-refractivity contribution < 1.29 is 13.9 Å². The molecule has 0 fully saturated rings. The van der Waals surface area contributed by atoms with E-state index in [1.807, 2.05) is 13.0 Å². The Bertz CT molecular complexity index is 1510. The van der Waals surface area contributed by atoms with Gasteiger partial charge in [-0.05, 0) is 60.1 Å². The van der Waals surface area contributed by atoms with Crippen LogP contribution in [0.15, 0.2) is 67.4 Å². The summed E-state index contributed by atoms with van der Waals surface area (Å²) < 4.78 is 28.1. The van der Waals surface area contributed by atoms with Gasteiger partial charge in [0.05, 0.1) is 23.7 Å². The average Bonchev–Trinajstić information content (AvgIpc) is 2.83. The van der Waals surface area contributed by atoms with Crippen molar-refractivity contribution >= 4 is 60.6 Å². The van der Waals surface area contributed by atoms with Gasteiger partial charge in [0.1, 0.15) is 23.3 Å². The van der Waals surface area contributed by atoms with Crippen LogP contribution in [0.4, 0.5) is 4.39 Å². The largest absolute Gasteiger partial charge is 0.490 e. The zero-order chi connectivity index (χ0) is 25.1. The highest BCUT2D eigenvalue weighted by atomic mass is 79.9. The Morgan fingerprint density at radius 3 is 2.69 bits per heavy atom. The zero-order valence-corrected chi connectivity index (χ0v) is 22.6. The predicted octanol–water partition coefficient (Wildman–Crippen LogP) is 6.88. The van der Waals surface area contributed by atoms with Crippen molar-refractivity contribution in [3.63, 3.8) is 0 Å². The second-order valence-electron chi connectivity index (χ2n) is 7.42. The van der Waals surface area contributed by atoms with Gasteiger partial charge < -0.3 is 9.47 Å². The van der Waals surface area contributed by atoms with Gasteiger partial charge in [-0.3, -0.25) is 4.79 Å². The fourth-order valence-corrected chi connectivity index (χ4v) is 4.39. The number of hydrogen-bond donors (Lipinski definition) is 0.